The lowest BCUT2D eigenvalue weighted by molar-refractivity contribution is -0.138. The molecule has 20 heavy (non-hydrogen) atoms. The van der Waals surface area contributed by atoms with E-state index in [0.717, 1.165) is 0 Å². The molecule has 0 bridgehead atoms. The minimum atomic E-state index is -1.14. The number of hydrogen-bond acceptors (Lipinski definition) is 2. The topological polar surface area (TPSA) is 49.3 Å². The third-order valence-electron chi connectivity index (χ3n) is 2.93. The summed E-state index contributed by atoms with van der Waals surface area (Å²) in [5, 5.41) is 12.0. The van der Waals surface area contributed by atoms with E-state index in [0.29, 0.717) is 16.8 Å². The van der Waals surface area contributed by atoms with E-state index in [-0.39, 0.29) is 0 Å². The molecule has 2 aromatic carbocycles. The lowest BCUT2D eigenvalue weighted by Crippen LogP contribution is -2.20. The van der Waals surface area contributed by atoms with Crippen LogP contribution in [0.25, 0.3) is 0 Å². The second-order valence-corrected chi connectivity index (χ2v) is 4.43. The van der Waals surface area contributed by atoms with Gasteiger partial charge in [-0.1, -0.05) is 12.1 Å². The van der Waals surface area contributed by atoms with Crippen molar-refractivity contribution in [2.45, 2.75) is 13.0 Å². The van der Waals surface area contributed by atoms with Crippen LogP contribution in [0.2, 0.25) is 0 Å². The standard InChI is InChI=1S/C15H13F2NO2/c1-9-2-3-10(8-13(9)17)14(15(19)20)18-12-6-4-11(16)5-7-12/h2-8,14,18H,1H3,(H,19,20). The molecule has 2 N–H and O–H groups in total. The Morgan fingerprint density at radius 1 is 1.15 bits per heavy atom. The summed E-state index contributed by atoms with van der Waals surface area (Å²) in [5.41, 5.74) is 1.18. The second-order valence-electron chi connectivity index (χ2n) is 4.43. The van der Waals surface area contributed by atoms with Crippen LogP contribution >= 0.6 is 0 Å². The fraction of sp³-hybridized carbons (Fsp3) is 0.133. The largest absolute Gasteiger partial charge is 0.479 e. The third-order valence-corrected chi connectivity index (χ3v) is 2.93. The average Bonchev–Trinajstić information content (AvgIpc) is 2.41. The molecule has 0 radical (unpaired) electrons. The number of carboxylic acid groups (broad SMARTS) is 1. The molecule has 0 aliphatic carbocycles. The van der Waals surface area contributed by atoms with Crippen LogP contribution in [-0.4, -0.2) is 11.1 Å². The monoisotopic (exact) mass is 277 g/mol. The van der Waals surface area contributed by atoms with Gasteiger partial charge in [-0.25, -0.2) is 13.6 Å². The lowest BCUT2D eigenvalue weighted by atomic mass is 10.0. The number of aryl methyl sites for hydroxylation is 1. The SMILES string of the molecule is Cc1ccc(C(Nc2ccc(F)cc2)C(=O)O)cc1F. The van der Waals surface area contributed by atoms with Gasteiger partial charge < -0.3 is 10.4 Å². The van der Waals surface area contributed by atoms with Crippen molar-refractivity contribution in [2.75, 3.05) is 5.32 Å². The predicted octanol–water partition coefficient (Wildman–Crippen LogP) is 3.51. The highest BCUT2D eigenvalue weighted by molar-refractivity contribution is 5.79. The van der Waals surface area contributed by atoms with E-state index in [2.05, 4.69) is 5.32 Å². The van der Waals surface area contributed by atoms with Gasteiger partial charge in [0.05, 0.1) is 0 Å². The smallest absolute Gasteiger partial charge is 0.330 e. The number of carbonyl (C=O) groups is 1. The summed E-state index contributed by atoms with van der Waals surface area (Å²) in [6.45, 7) is 1.60. The first kappa shape index (κ1) is 14.0. The van der Waals surface area contributed by atoms with Crippen LogP contribution in [0.15, 0.2) is 42.5 Å². The zero-order chi connectivity index (χ0) is 14.7. The Labute approximate surface area is 114 Å². The summed E-state index contributed by atoms with van der Waals surface area (Å²) in [6.07, 6.45) is 0. The van der Waals surface area contributed by atoms with E-state index in [1.54, 1.807) is 13.0 Å². The first-order chi connectivity index (χ1) is 9.47. The first-order valence-corrected chi connectivity index (χ1v) is 5.98. The van der Waals surface area contributed by atoms with Crippen molar-refractivity contribution in [3.05, 3.63) is 65.2 Å². The van der Waals surface area contributed by atoms with Crippen molar-refractivity contribution in [1.29, 1.82) is 0 Å². The summed E-state index contributed by atoms with van der Waals surface area (Å²) < 4.78 is 26.3. The average molecular weight is 277 g/mol. The molecule has 0 fully saturated rings. The molecule has 1 atom stereocenters. The van der Waals surface area contributed by atoms with Crippen molar-refractivity contribution in [1.82, 2.24) is 0 Å². The Kier molecular flexibility index (Phi) is 3.98. The van der Waals surface area contributed by atoms with Gasteiger partial charge in [0.1, 0.15) is 11.6 Å². The van der Waals surface area contributed by atoms with Crippen molar-refractivity contribution in [3.63, 3.8) is 0 Å². The van der Waals surface area contributed by atoms with Crippen LogP contribution in [0.3, 0.4) is 0 Å². The molecule has 0 aromatic heterocycles. The maximum atomic E-state index is 13.5. The number of carboxylic acids is 1. The van der Waals surface area contributed by atoms with Gasteiger partial charge in [0.2, 0.25) is 0 Å². The van der Waals surface area contributed by atoms with E-state index in [4.69, 9.17) is 0 Å². The van der Waals surface area contributed by atoms with Crippen LogP contribution < -0.4 is 5.32 Å². The quantitative estimate of drug-likeness (QED) is 0.899. The number of nitrogens with one attached hydrogen (secondary N) is 1. The first-order valence-electron chi connectivity index (χ1n) is 5.98. The minimum Gasteiger partial charge on any atom is -0.479 e. The zero-order valence-electron chi connectivity index (χ0n) is 10.7. The number of anilines is 1. The molecule has 0 saturated heterocycles. The molecule has 0 amide bonds. The maximum Gasteiger partial charge on any atom is 0.330 e. The Morgan fingerprint density at radius 2 is 1.80 bits per heavy atom. The summed E-state index contributed by atoms with van der Waals surface area (Å²) in [4.78, 5) is 11.3. The summed E-state index contributed by atoms with van der Waals surface area (Å²) in [5.74, 6) is -2.02. The molecular formula is C15H13F2NO2. The molecule has 0 spiro atoms. The molecule has 0 heterocycles. The summed E-state index contributed by atoms with van der Waals surface area (Å²) >= 11 is 0. The van der Waals surface area contributed by atoms with Crippen LogP contribution in [0.5, 0.6) is 0 Å². The van der Waals surface area contributed by atoms with E-state index < -0.39 is 23.6 Å². The maximum absolute atomic E-state index is 13.5. The fourth-order valence-corrected chi connectivity index (χ4v) is 1.79. The number of benzene rings is 2. The number of hydrogen-bond donors (Lipinski definition) is 2. The summed E-state index contributed by atoms with van der Waals surface area (Å²) in [7, 11) is 0. The van der Waals surface area contributed by atoms with Crippen molar-refractivity contribution >= 4 is 11.7 Å². The number of aliphatic carboxylic acids is 1. The van der Waals surface area contributed by atoms with Gasteiger partial charge in [-0.05, 0) is 48.4 Å². The van der Waals surface area contributed by atoms with Gasteiger partial charge >= 0.3 is 5.97 Å². The van der Waals surface area contributed by atoms with Crippen LogP contribution in [0, 0.1) is 18.6 Å². The van der Waals surface area contributed by atoms with E-state index in [9.17, 15) is 18.7 Å². The Balaban J connectivity index is 2.29. The number of halogens is 2. The van der Waals surface area contributed by atoms with Gasteiger partial charge in [0.25, 0.3) is 0 Å². The number of rotatable bonds is 4. The molecule has 0 aliphatic rings. The van der Waals surface area contributed by atoms with E-state index >= 15 is 0 Å². The molecular weight excluding hydrogens is 264 g/mol. The highest BCUT2D eigenvalue weighted by atomic mass is 19.1. The van der Waals surface area contributed by atoms with Gasteiger partial charge in [-0.3, -0.25) is 0 Å². The van der Waals surface area contributed by atoms with Crippen molar-refractivity contribution in [3.8, 4) is 0 Å². The molecule has 1 unspecified atom stereocenters. The molecule has 3 nitrogen and oxygen atoms in total. The Morgan fingerprint density at radius 3 is 2.35 bits per heavy atom. The third kappa shape index (κ3) is 3.12. The van der Waals surface area contributed by atoms with Crippen LogP contribution in [0.4, 0.5) is 14.5 Å². The van der Waals surface area contributed by atoms with Crippen molar-refractivity contribution in [2.24, 2.45) is 0 Å². The summed E-state index contributed by atoms with van der Waals surface area (Å²) in [6, 6.07) is 8.45. The van der Waals surface area contributed by atoms with Crippen LogP contribution in [-0.2, 0) is 4.79 Å². The van der Waals surface area contributed by atoms with Crippen LogP contribution in [0.1, 0.15) is 17.2 Å². The van der Waals surface area contributed by atoms with Crippen molar-refractivity contribution < 1.29 is 18.7 Å². The zero-order valence-corrected chi connectivity index (χ0v) is 10.7. The van der Waals surface area contributed by atoms with E-state index in [1.165, 1.54) is 36.4 Å². The second kappa shape index (κ2) is 5.69. The Hall–Kier alpha value is -2.43. The highest BCUT2D eigenvalue weighted by Gasteiger charge is 2.20. The molecule has 0 aliphatic heterocycles. The predicted molar refractivity (Wildman–Crippen MR) is 71.5 cm³/mol. The normalized spacial score (nSPS) is 11.9. The molecule has 5 heteroatoms. The molecule has 104 valence electrons. The van der Waals surface area contributed by atoms with Gasteiger partial charge in [0, 0.05) is 5.69 Å². The molecule has 2 rings (SSSR count). The molecule has 2 aromatic rings. The van der Waals surface area contributed by atoms with Gasteiger partial charge in [-0.15, -0.1) is 0 Å². The van der Waals surface area contributed by atoms with Gasteiger partial charge in [-0.2, -0.15) is 0 Å². The Bertz CT molecular complexity index is 626. The van der Waals surface area contributed by atoms with E-state index in [1.807, 2.05) is 0 Å². The lowest BCUT2D eigenvalue weighted by Gasteiger charge is -2.16. The fourth-order valence-electron chi connectivity index (χ4n) is 1.79. The minimum absolute atomic E-state index is 0.296. The van der Waals surface area contributed by atoms with Gasteiger partial charge in [0.15, 0.2) is 6.04 Å². The highest BCUT2D eigenvalue weighted by Crippen LogP contribution is 2.22. The molecule has 0 saturated carbocycles.